The summed E-state index contributed by atoms with van der Waals surface area (Å²) in [6, 6.07) is 2.67. The number of benzene rings is 1. The Balaban J connectivity index is 2.64. The van der Waals surface area contributed by atoms with Crippen LogP contribution in [0.2, 0.25) is 0 Å². The van der Waals surface area contributed by atoms with Crippen molar-refractivity contribution in [3.8, 4) is 0 Å². The maximum Gasteiger partial charge on any atom is 0.407 e. The number of aliphatic hydroxyl groups is 2. The fourth-order valence-corrected chi connectivity index (χ4v) is 1.93. The zero-order valence-corrected chi connectivity index (χ0v) is 13.7. The van der Waals surface area contributed by atoms with E-state index in [1.807, 2.05) is 0 Å². The largest absolute Gasteiger partial charge is 0.444 e. The minimum absolute atomic E-state index is 0.0118. The van der Waals surface area contributed by atoms with Gasteiger partial charge in [0.05, 0.1) is 22.7 Å². The topological polar surface area (TPSA) is 122 Å². The molecule has 1 rings (SSSR count). The second kappa shape index (κ2) is 8.02. The van der Waals surface area contributed by atoms with Crippen molar-refractivity contribution >= 4 is 11.8 Å². The second-order valence-electron chi connectivity index (χ2n) is 6.19. The Hall–Kier alpha value is -2.26. The van der Waals surface area contributed by atoms with Crippen LogP contribution in [0.5, 0.6) is 0 Å². The summed E-state index contributed by atoms with van der Waals surface area (Å²) >= 11 is 0. The van der Waals surface area contributed by atoms with E-state index in [1.54, 1.807) is 20.8 Å². The quantitative estimate of drug-likeness (QED) is 0.536. The number of carbonyl (C=O) groups excluding carboxylic acids is 1. The van der Waals surface area contributed by atoms with Crippen LogP contribution in [0.15, 0.2) is 18.2 Å². The molecule has 8 nitrogen and oxygen atoms in total. The van der Waals surface area contributed by atoms with E-state index in [0.29, 0.717) is 6.07 Å². The van der Waals surface area contributed by atoms with Crippen molar-refractivity contribution in [3.63, 3.8) is 0 Å². The molecule has 0 fully saturated rings. The van der Waals surface area contributed by atoms with Crippen LogP contribution in [0.4, 0.5) is 14.9 Å². The van der Waals surface area contributed by atoms with Gasteiger partial charge < -0.3 is 20.3 Å². The van der Waals surface area contributed by atoms with Crippen molar-refractivity contribution in [2.45, 2.75) is 45.0 Å². The van der Waals surface area contributed by atoms with Gasteiger partial charge >= 0.3 is 6.09 Å². The fourth-order valence-electron chi connectivity index (χ4n) is 1.93. The van der Waals surface area contributed by atoms with Gasteiger partial charge in [-0.05, 0) is 39.3 Å². The standard InChI is InChI=1S/C15H21FN2O6/c1-15(2,3)24-14(21)17-7-6-12(19)13(20)10-5-4-9(16)8-11(10)18(22)23/h4-5,8,12-13,19-20H,6-7H2,1-3H3,(H,17,21). The first kappa shape index (κ1) is 19.8. The van der Waals surface area contributed by atoms with E-state index in [0.717, 1.165) is 12.1 Å². The Labute approximate surface area is 138 Å². The molecule has 0 saturated heterocycles. The Morgan fingerprint density at radius 2 is 2.04 bits per heavy atom. The molecule has 1 amide bonds. The predicted octanol–water partition coefficient (Wildman–Crippen LogP) is 2.04. The molecule has 0 heterocycles. The van der Waals surface area contributed by atoms with Crippen LogP contribution in [0.1, 0.15) is 38.9 Å². The lowest BCUT2D eigenvalue weighted by atomic mass is 10.0. The van der Waals surface area contributed by atoms with E-state index in [2.05, 4.69) is 5.32 Å². The number of amides is 1. The first-order valence-corrected chi connectivity index (χ1v) is 7.28. The number of carbonyl (C=O) groups is 1. The van der Waals surface area contributed by atoms with Gasteiger partial charge in [0, 0.05) is 6.54 Å². The molecule has 0 bridgehead atoms. The smallest absolute Gasteiger partial charge is 0.407 e. The molecule has 0 aliphatic heterocycles. The summed E-state index contributed by atoms with van der Waals surface area (Å²) in [5, 5.41) is 33.3. The number of alkyl carbamates (subject to hydrolysis) is 1. The van der Waals surface area contributed by atoms with Gasteiger partial charge in [0.25, 0.3) is 5.69 Å². The number of hydrogen-bond donors (Lipinski definition) is 3. The van der Waals surface area contributed by atoms with Gasteiger partial charge in [-0.15, -0.1) is 0 Å². The van der Waals surface area contributed by atoms with Gasteiger partial charge in [0.2, 0.25) is 0 Å². The van der Waals surface area contributed by atoms with Crippen LogP contribution in [0, 0.1) is 15.9 Å². The maximum atomic E-state index is 13.1. The summed E-state index contributed by atoms with van der Waals surface area (Å²) in [5.41, 5.74) is -1.50. The monoisotopic (exact) mass is 344 g/mol. The van der Waals surface area contributed by atoms with Gasteiger partial charge in [-0.25, -0.2) is 9.18 Å². The second-order valence-corrected chi connectivity index (χ2v) is 6.19. The van der Waals surface area contributed by atoms with Gasteiger partial charge in [0.1, 0.15) is 17.5 Å². The van der Waals surface area contributed by atoms with E-state index < -0.39 is 40.3 Å². The molecule has 0 aliphatic rings. The van der Waals surface area contributed by atoms with Crippen molar-refractivity contribution in [1.82, 2.24) is 5.32 Å². The molecule has 2 unspecified atom stereocenters. The summed E-state index contributed by atoms with van der Waals surface area (Å²) in [6.45, 7) is 5.07. The lowest BCUT2D eigenvalue weighted by Gasteiger charge is -2.21. The molecule has 0 saturated carbocycles. The van der Waals surface area contributed by atoms with Crippen molar-refractivity contribution in [1.29, 1.82) is 0 Å². The molecule has 0 spiro atoms. The minimum Gasteiger partial charge on any atom is -0.444 e. The Morgan fingerprint density at radius 3 is 2.58 bits per heavy atom. The zero-order valence-electron chi connectivity index (χ0n) is 13.7. The fraction of sp³-hybridized carbons (Fsp3) is 0.533. The Bertz CT molecular complexity index is 602. The lowest BCUT2D eigenvalue weighted by molar-refractivity contribution is -0.386. The molecule has 0 aromatic heterocycles. The highest BCUT2D eigenvalue weighted by Gasteiger charge is 2.27. The van der Waals surface area contributed by atoms with Crippen molar-refractivity contribution in [3.05, 3.63) is 39.7 Å². The first-order chi connectivity index (χ1) is 11.0. The van der Waals surface area contributed by atoms with Crippen LogP contribution in [-0.2, 0) is 4.74 Å². The van der Waals surface area contributed by atoms with Crippen molar-refractivity contribution in [2.24, 2.45) is 0 Å². The van der Waals surface area contributed by atoms with Gasteiger partial charge in [-0.2, -0.15) is 0 Å². The van der Waals surface area contributed by atoms with Gasteiger partial charge in [-0.3, -0.25) is 10.1 Å². The third-order valence-corrected chi connectivity index (χ3v) is 2.98. The van der Waals surface area contributed by atoms with Crippen LogP contribution < -0.4 is 5.32 Å². The number of nitrogens with zero attached hydrogens (tertiary/aromatic N) is 1. The van der Waals surface area contributed by atoms with Gasteiger partial charge in [-0.1, -0.05) is 0 Å². The third kappa shape index (κ3) is 6.09. The van der Waals surface area contributed by atoms with Crippen LogP contribution in [0.25, 0.3) is 0 Å². The van der Waals surface area contributed by atoms with E-state index in [9.17, 15) is 29.5 Å². The predicted molar refractivity (Wildman–Crippen MR) is 82.9 cm³/mol. The van der Waals surface area contributed by atoms with Crippen molar-refractivity contribution < 1.29 is 29.1 Å². The molecule has 2 atom stereocenters. The van der Waals surface area contributed by atoms with Crippen molar-refractivity contribution in [2.75, 3.05) is 6.54 Å². The SMILES string of the molecule is CC(C)(C)OC(=O)NCCC(O)C(O)c1ccc(F)cc1[N+](=O)[O-]. The Morgan fingerprint density at radius 1 is 1.42 bits per heavy atom. The number of hydrogen-bond acceptors (Lipinski definition) is 6. The molecule has 3 N–H and O–H groups in total. The van der Waals surface area contributed by atoms with Crippen LogP contribution in [-0.4, -0.2) is 39.5 Å². The summed E-state index contributed by atoms with van der Waals surface area (Å²) in [5.74, 6) is -0.821. The number of halogens is 1. The van der Waals surface area contributed by atoms with Crippen LogP contribution >= 0.6 is 0 Å². The molecular weight excluding hydrogens is 323 g/mol. The summed E-state index contributed by atoms with van der Waals surface area (Å²) in [7, 11) is 0. The molecule has 1 aromatic carbocycles. The highest BCUT2D eigenvalue weighted by molar-refractivity contribution is 5.67. The minimum atomic E-state index is -1.59. The molecular formula is C15H21FN2O6. The molecule has 24 heavy (non-hydrogen) atoms. The van der Waals surface area contributed by atoms with E-state index in [-0.39, 0.29) is 18.5 Å². The number of nitro groups is 1. The van der Waals surface area contributed by atoms with Gasteiger partial charge in [0.15, 0.2) is 0 Å². The first-order valence-electron chi connectivity index (χ1n) is 7.28. The lowest BCUT2D eigenvalue weighted by Crippen LogP contribution is -2.34. The molecule has 0 aliphatic carbocycles. The molecule has 9 heteroatoms. The number of ether oxygens (including phenoxy) is 1. The van der Waals surface area contributed by atoms with Crippen LogP contribution in [0.3, 0.4) is 0 Å². The average Bonchev–Trinajstić information content (AvgIpc) is 2.44. The van der Waals surface area contributed by atoms with E-state index >= 15 is 0 Å². The zero-order chi connectivity index (χ0) is 18.5. The van der Waals surface area contributed by atoms with E-state index in [4.69, 9.17) is 4.74 Å². The maximum absolute atomic E-state index is 13.1. The average molecular weight is 344 g/mol. The number of aliphatic hydroxyl groups excluding tert-OH is 2. The number of nitro benzene ring substituents is 1. The highest BCUT2D eigenvalue weighted by atomic mass is 19.1. The molecule has 1 aromatic rings. The summed E-state index contributed by atoms with van der Waals surface area (Å²) in [4.78, 5) is 21.5. The summed E-state index contributed by atoms with van der Waals surface area (Å²) < 4.78 is 18.1. The van der Waals surface area contributed by atoms with E-state index in [1.165, 1.54) is 0 Å². The third-order valence-electron chi connectivity index (χ3n) is 2.98. The molecule has 0 radical (unpaired) electrons. The summed E-state index contributed by atoms with van der Waals surface area (Å²) in [6.07, 6.45) is -3.73. The Kier molecular flexibility index (Phi) is 6.61. The normalized spacial score (nSPS) is 13.9. The number of nitrogens with one attached hydrogen (secondary N) is 1. The highest BCUT2D eigenvalue weighted by Crippen LogP contribution is 2.28. The molecule has 134 valence electrons. The number of rotatable bonds is 6.